The van der Waals surface area contributed by atoms with Gasteiger partial charge in [0.05, 0.1) is 0 Å². The van der Waals surface area contributed by atoms with E-state index in [1.165, 1.54) is 0 Å². The van der Waals surface area contributed by atoms with Crippen LogP contribution in [0.4, 0.5) is 0 Å². The van der Waals surface area contributed by atoms with E-state index in [-0.39, 0.29) is 17.1 Å². The molecule has 2 aromatic rings. The molecule has 0 unspecified atom stereocenters. The summed E-state index contributed by atoms with van der Waals surface area (Å²) in [6.45, 7) is 4.34. The molecule has 3 nitrogen and oxygen atoms in total. The maximum atomic E-state index is 13.1. The lowest BCUT2D eigenvalue weighted by molar-refractivity contribution is -0.119. The molecular formula is C23H23NO2. The third kappa shape index (κ3) is 2.23. The lowest BCUT2D eigenvalue weighted by Crippen LogP contribution is -2.55. The smallest absolute Gasteiger partial charge is 0.207 e. The number of carbonyl (C=O) groups is 1. The second-order valence-electron chi connectivity index (χ2n) is 8.55. The molecule has 2 bridgehead atoms. The Bertz CT molecular complexity index is 928. The summed E-state index contributed by atoms with van der Waals surface area (Å²) in [5.74, 6) is 1.26. The molecule has 5 rings (SSSR count). The summed E-state index contributed by atoms with van der Waals surface area (Å²) in [4.78, 5) is 13.1. The molecule has 0 fully saturated rings. The van der Waals surface area contributed by atoms with Crippen molar-refractivity contribution >= 4 is 5.78 Å². The number of para-hydroxylation sites is 1. The lowest BCUT2D eigenvalue weighted by atomic mass is 9.67. The summed E-state index contributed by atoms with van der Waals surface area (Å²) < 4.78 is 6.57. The van der Waals surface area contributed by atoms with Crippen LogP contribution in [-0.2, 0) is 10.5 Å². The number of ketones is 1. The number of fused-ring (bicyclic) bond motifs is 5. The van der Waals surface area contributed by atoms with Crippen molar-refractivity contribution in [1.82, 2.24) is 5.32 Å². The summed E-state index contributed by atoms with van der Waals surface area (Å²) in [5.41, 5.74) is 3.68. The van der Waals surface area contributed by atoms with Gasteiger partial charge in [0, 0.05) is 41.2 Å². The Morgan fingerprint density at radius 1 is 1.00 bits per heavy atom. The van der Waals surface area contributed by atoms with Gasteiger partial charge in [0.15, 0.2) is 5.78 Å². The average molecular weight is 345 g/mol. The van der Waals surface area contributed by atoms with Crippen molar-refractivity contribution in [3.8, 4) is 5.75 Å². The van der Waals surface area contributed by atoms with Crippen molar-refractivity contribution in [2.45, 2.75) is 44.8 Å². The normalized spacial score (nSPS) is 28.5. The van der Waals surface area contributed by atoms with Crippen molar-refractivity contribution in [3.05, 3.63) is 77.0 Å². The summed E-state index contributed by atoms with van der Waals surface area (Å²) in [6, 6.07) is 18.5. The Morgan fingerprint density at radius 2 is 1.73 bits per heavy atom. The van der Waals surface area contributed by atoms with Crippen LogP contribution in [0.1, 0.15) is 50.2 Å². The standard InChI is InChI=1S/C23H23NO2/c1-22(2)13-18-21(19(25)14-22)17-12-23(24-18,15-8-4-3-5-9-15)26-20-11-7-6-10-16(17)20/h3-11,17,24H,12-14H2,1-2H3/t17-,23+/m0/s1. The fourth-order valence-corrected chi connectivity index (χ4v) is 4.87. The highest BCUT2D eigenvalue weighted by Crippen LogP contribution is 2.54. The van der Waals surface area contributed by atoms with Gasteiger partial charge in [-0.05, 0) is 17.9 Å². The molecule has 26 heavy (non-hydrogen) atoms. The van der Waals surface area contributed by atoms with Crippen molar-refractivity contribution in [2.24, 2.45) is 5.41 Å². The summed E-state index contributed by atoms with van der Waals surface area (Å²) in [6.07, 6.45) is 2.25. The van der Waals surface area contributed by atoms with Gasteiger partial charge in [0.2, 0.25) is 5.72 Å². The molecule has 1 aliphatic carbocycles. The number of hydrogen-bond acceptors (Lipinski definition) is 3. The molecule has 0 saturated heterocycles. The molecule has 1 N–H and O–H groups in total. The first-order valence-electron chi connectivity index (χ1n) is 9.35. The third-order valence-corrected chi connectivity index (χ3v) is 5.93. The number of allylic oxidation sites excluding steroid dienone is 2. The molecule has 3 heteroatoms. The summed E-state index contributed by atoms with van der Waals surface area (Å²) >= 11 is 0. The van der Waals surface area contributed by atoms with Gasteiger partial charge in [-0.25, -0.2) is 0 Å². The van der Waals surface area contributed by atoms with E-state index in [9.17, 15) is 4.79 Å². The number of benzene rings is 2. The van der Waals surface area contributed by atoms with Crippen LogP contribution in [0.5, 0.6) is 5.75 Å². The van der Waals surface area contributed by atoms with Crippen molar-refractivity contribution in [1.29, 1.82) is 0 Å². The number of carbonyl (C=O) groups excluding carboxylic acids is 1. The molecule has 2 atom stereocenters. The predicted molar refractivity (Wildman–Crippen MR) is 101 cm³/mol. The number of Topliss-reactive ketones (excluding diaryl/α,β-unsaturated/α-hetero) is 1. The minimum Gasteiger partial charge on any atom is -0.464 e. The van der Waals surface area contributed by atoms with Gasteiger partial charge in [-0.3, -0.25) is 4.79 Å². The van der Waals surface area contributed by atoms with E-state index < -0.39 is 5.72 Å². The van der Waals surface area contributed by atoms with Crippen LogP contribution in [0.3, 0.4) is 0 Å². The fourth-order valence-electron chi connectivity index (χ4n) is 4.87. The minimum atomic E-state index is -0.604. The molecule has 2 heterocycles. The first-order valence-corrected chi connectivity index (χ1v) is 9.35. The van der Waals surface area contributed by atoms with Gasteiger partial charge in [-0.15, -0.1) is 0 Å². The zero-order valence-corrected chi connectivity index (χ0v) is 15.2. The van der Waals surface area contributed by atoms with Crippen molar-refractivity contribution in [3.63, 3.8) is 0 Å². The van der Waals surface area contributed by atoms with Gasteiger partial charge in [0.1, 0.15) is 5.75 Å². The lowest BCUT2D eigenvalue weighted by Gasteiger charge is -2.51. The van der Waals surface area contributed by atoms with Crippen LogP contribution in [0.25, 0.3) is 0 Å². The topological polar surface area (TPSA) is 38.3 Å². The van der Waals surface area contributed by atoms with Gasteiger partial charge >= 0.3 is 0 Å². The van der Waals surface area contributed by atoms with E-state index in [1.54, 1.807) is 0 Å². The highest BCUT2D eigenvalue weighted by molar-refractivity contribution is 5.99. The van der Waals surface area contributed by atoms with Crippen LogP contribution >= 0.6 is 0 Å². The second-order valence-corrected chi connectivity index (χ2v) is 8.55. The van der Waals surface area contributed by atoms with E-state index in [0.29, 0.717) is 6.42 Å². The molecule has 132 valence electrons. The van der Waals surface area contributed by atoms with E-state index in [2.05, 4.69) is 37.4 Å². The molecule has 0 radical (unpaired) electrons. The number of nitrogens with one attached hydrogen (secondary N) is 1. The monoisotopic (exact) mass is 345 g/mol. The van der Waals surface area contributed by atoms with Gasteiger partial charge in [-0.2, -0.15) is 0 Å². The Balaban J connectivity index is 1.73. The second kappa shape index (κ2) is 5.23. The number of ether oxygens (including phenoxy) is 1. The maximum absolute atomic E-state index is 13.1. The van der Waals surface area contributed by atoms with E-state index in [0.717, 1.165) is 41.0 Å². The summed E-state index contributed by atoms with van der Waals surface area (Å²) in [5, 5.41) is 3.68. The van der Waals surface area contributed by atoms with E-state index in [1.807, 2.05) is 36.4 Å². The van der Waals surface area contributed by atoms with Crippen LogP contribution < -0.4 is 10.1 Å². The molecule has 0 aromatic heterocycles. The van der Waals surface area contributed by atoms with E-state index >= 15 is 0 Å². The van der Waals surface area contributed by atoms with Crippen LogP contribution in [0, 0.1) is 5.41 Å². The SMILES string of the molecule is CC1(C)CC(=O)C2=C(C1)N[C@]1(c3ccccc3)C[C@H]2c2ccccc2O1. The minimum absolute atomic E-state index is 0.0219. The Morgan fingerprint density at radius 3 is 2.54 bits per heavy atom. The number of rotatable bonds is 1. The largest absolute Gasteiger partial charge is 0.464 e. The first-order chi connectivity index (χ1) is 12.5. The quantitative estimate of drug-likeness (QED) is 0.817. The maximum Gasteiger partial charge on any atom is 0.207 e. The molecule has 0 saturated carbocycles. The zero-order valence-electron chi connectivity index (χ0n) is 15.2. The average Bonchev–Trinajstić information content (AvgIpc) is 2.61. The highest BCUT2D eigenvalue weighted by atomic mass is 16.5. The molecular weight excluding hydrogens is 322 g/mol. The summed E-state index contributed by atoms with van der Waals surface area (Å²) in [7, 11) is 0. The van der Waals surface area contributed by atoms with Crippen LogP contribution in [0.2, 0.25) is 0 Å². The highest BCUT2D eigenvalue weighted by Gasteiger charge is 2.51. The molecule has 0 amide bonds. The van der Waals surface area contributed by atoms with Gasteiger partial charge in [-0.1, -0.05) is 62.4 Å². The third-order valence-electron chi connectivity index (χ3n) is 5.93. The number of hydrogen-bond donors (Lipinski definition) is 1. The Kier molecular flexibility index (Phi) is 3.15. The molecule has 2 aromatic carbocycles. The van der Waals surface area contributed by atoms with E-state index in [4.69, 9.17) is 4.74 Å². The van der Waals surface area contributed by atoms with Crippen molar-refractivity contribution in [2.75, 3.05) is 0 Å². The van der Waals surface area contributed by atoms with Crippen LogP contribution in [0.15, 0.2) is 65.9 Å². The first kappa shape index (κ1) is 15.7. The van der Waals surface area contributed by atoms with Gasteiger partial charge < -0.3 is 10.1 Å². The van der Waals surface area contributed by atoms with Gasteiger partial charge in [0.25, 0.3) is 0 Å². The Hall–Kier alpha value is -2.55. The van der Waals surface area contributed by atoms with Crippen LogP contribution in [-0.4, -0.2) is 5.78 Å². The molecule has 2 aliphatic heterocycles. The Labute approximate surface area is 154 Å². The molecule has 0 spiro atoms. The zero-order chi connectivity index (χ0) is 17.9. The van der Waals surface area contributed by atoms with Crippen molar-refractivity contribution < 1.29 is 9.53 Å². The molecule has 3 aliphatic rings. The fraction of sp³-hybridized carbons (Fsp3) is 0.348. The predicted octanol–water partition coefficient (Wildman–Crippen LogP) is 4.65.